The summed E-state index contributed by atoms with van der Waals surface area (Å²) < 4.78 is 26.4. The molecule has 0 aliphatic carbocycles. The first-order valence-corrected chi connectivity index (χ1v) is 12.0. The van der Waals surface area contributed by atoms with Crippen molar-refractivity contribution in [1.82, 2.24) is 4.98 Å². The summed E-state index contributed by atoms with van der Waals surface area (Å²) in [5.41, 5.74) is 1.56. The Bertz CT molecular complexity index is 1040. The topological polar surface area (TPSA) is 75.1 Å². The van der Waals surface area contributed by atoms with E-state index in [0.29, 0.717) is 36.1 Å². The van der Waals surface area contributed by atoms with Crippen LogP contribution in [0.5, 0.6) is 11.6 Å². The number of nitrogens with zero attached hydrogens (tertiary/aromatic N) is 3. The van der Waals surface area contributed by atoms with E-state index in [1.807, 2.05) is 24.0 Å². The monoisotopic (exact) mass is 491 g/mol. The number of benzene rings is 1. The predicted molar refractivity (Wildman–Crippen MR) is 130 cm³/mol. The molecule has 2 unspecified atom stereocenters. The molecule has 1 N–H and O–H groups in total. The number of hydrogen-bond acceptors (Lipinski definition) is 6. The molecule has 184 valence electrons. The Kier molecular flexibility index (Phi) is 7.36. The van der Waals surface area contributed by atoms with Gasteiger partial charge in [0.1, 0.15) is 6.10 Å². The molecule has 0 amide bonds. The first kappa shape index (κ1) is 24.4. The maximum atomic E-state index is 15.0. The fourth-order valence-corrected chi connectivity index (χ4v) is 5.25. The third-order valence-corrected chi connectivity index (χ3v) is 7.27. The normalized spacial score (nSPS) is 24.9. The van der Waals surface area contributed by atoms with Gasteiger partial charge in [0.2, 0.25) is 5.88 Å². The van der Waals surface area contributed by atoms with Crippen LogP contribution in [0.1, 0.15) is 33.1 Å². The number of ether oxygens (including phenoxy) is 2. The first-order valence-electron chi connectivity index (χ1n) is 11.7. The average molecular weight is 492 g/mol. The molecule has 1 aromatic carbocycles. The highest BCUT2D eigenvalue weighted by Crippen LogP contribution is 2.36. The highest BCUT2D eigenvalue weighted by molar-refractivity contribution is 6.33. The minimum absolute atomic E-state index is 0.0461. The maximum Gasteiger partial charge on any atom is 0.305 e. The largest absolute Gasteiger partial charge is 0.487 e. The Morgan fingerprint density at radius 1 is 1.24 bits per heavy atom. The molecule has 0 bridgehead atoms. The van der Waals surface area contributed by atoms with Crippen molar-refractivity contribution in [1.29, 1.82) is 0 Å². The summed E-state index contributed by atoms with van der Waals surface area (Å²) in [7, 11) is 1.57. The average Bonchev–Trinajstić information content (AvgIpc) is 3.16. The second-order valence-electron chi connectivity index (χ2n) is 9.29. The number of aromatic nitrogens is 1. The van der Waals surface area contributed by atoms with Gasteiger partial charge in [-0.05, 0) is 24.5 Å². The zero-order valence-electron chi connectivity index (χ0n) is 19.7. The van der Waals surface area contributed by atoms with Crippen LogP contribution in [0.25, 0.3) is 0 Å². The van der Waals surface area contributed by atoms with Crippen LogP contribution in [0.4, 0.5) is 15.8 Å². The van der Waals surface area contributed by atoms with Crippen molar-refractivity contribution in [2.75, 3.05) is 36.5 Å². The molecule has 0 saturated carbocycles. The molecular formula is C25H31ClFN3O4. The van der Waals surface area contributed by atoms with E-state index in [1.165, 1.54) is 6.07 Å². The van der Waals surface area contributed by atoms with Crippen LogP contribution < -0.4 is 19.3 Å². The van der Waals surface area contributed by atoms with Crippen LogP contribution in [-0.4, -0.2) is 54.9 Å². The lowest BCUT2D eigenvalue weighted by Crippen LogP contribution is -2.44. The molecule has 34 heavy (non-hydrogen) atoms. The lowest BCUT2D eigenvalue weighted by Gasteiger charge is -2.38. The zero-order chi connectivity index (χ0) is 24.4. The number of carboxylic acid groups (broad SMARTS) is 1. The van der Waals surface area contributed by atoms with Crippen LogP contribution >= 0.6 is 11.6 Å². The van der Waals surface area contributed by atoms with Gasteiger partial charge in [-0.15, -0.1) is 0 Å². The Morgan fingerprint density at radius 2 is 2.03 bits per heavy atom. The molecule has 1 aromatic heterocycles. The number of aliphatic carboxylic acids is 1. The number of halogens is 2. The fraction of sp³-hybridized carbons (Fsp3) is 0.520. The van der Waals surface area contributed by atoms with Gasteiger partial charge in [0, 0.05) is 55.8 Å². The van der Waals surface area contributed by atoms with Crippen molar-refractivity contribution in [2.24, 2.45) is 11.8 Å². The molecule has 9 heteroatoms. The van der Waals surface area contributed by atoms with Gasteiger partial charge in [0.15, 0.2) is 11.6 Å². The SMILES string of the molecule is COc1cc(N2CCC(Oc3ccc(N4CC[C@@H](C)[C@@H]4CC(=O)O)cc3F)C(C)C2)c(Cl)cn1. The van der Waals surface area contributed by atoms with Gasteiger partial charge in [-0.2, -0.15) is 0 Å². The van der Waals surface area contributed by atoms with Crippen LogP contribution in [0.3, 0.4) is 0 Å². The van der Waals surface area contributed by atoms with Gasteiger partial charge in [-0.1, -0.05) is 25.4 Å². The fourth-order valence-electron chi connectivity index (χ4n) is 5.03. The molecule has 7 nitrogen and oxygen atoms in total. The van der Waals surface area contributed by atoms with E-state index < -0.39 is 11.8 Å². The van der Waals surface area contributed by atoms with E-state index in [-0.39, 0.29) is 36.2 Å². The standard InChI is InChI=1S/C25H31ClFN3O4/c1-15-6-9-30(20(15)12-25(31)32)17-4-5-23(19(27)10-17)34-22-7-8-29(14-16(22)2)21-11-24(33-3)28-13-18(21)26/h4-5,10-11,13,15-16,20,22H,6-9,12,14H2,1-3H3,(H,31,32)/t15-,16?,20+,22?/m1/s1. The summed E-state index contributed by atoms with van der Waals surface area (Å²) in [6.45, 7) is 6.27. The van der Waals surface area contributed by atoms with E-state index in [9.17, 15) is 9.90 Å². The van der Waals surface area contributed by atoms with Gasteiger partial charge < -0.3 is 24.4 Å². The zero-order valence-corrected chi connectivity index (χ0v) is 20.5. The summed E-state index contributed by atoms with van der Waals surface area (Å²) in [6, 6.07) is 6.64. The van der Waals surface area contributed by atoms with E-state index in [2.05, 4.69) is 16.8 Å². The summed E-state index contributed by atoms with van der Waals surface area (Å²) >= 11 is 6.36. The van der Waals surface area contributed by atoms with E-state index in [4.69, 9.17) is 21.1 Å². The summed E-state index contributed by atoms with van der Waals surface area (Å²) in [4.78, 5) is 19.6. The minimum atomic E-state index is -0.837. The smallest absolute Gasteiger partial charge is 0.305 e. The van der Waals surface area contributed by atoms with Crippen molar-refractivity contribution in [3.05, 3.63) is 41.3 Å². The quantitative estimate of drug-likeness (QED) is 0.592. The van der Waals surface area contributed by atoms with Crippen LogP contribution in [0.2, 0.25) is 5.02 Å². The number of hydrogen-bond donors (Lipinski definition) is 1. The summed E-state index contributed by atoms with van der Waals surface area (Å²) in [5, 5.41) is 9.82. The number of rotatable bonds is 7. The molecule has 0 radical (unpaired) electrons. The van der Waals surface area contributed by atoms with Crippen LogP contribution in [-0.2, 0) is 4.79 Å². The molecule has 3 heterocycles. The molecule has 2 aliphatic heterocycles. The number of methoxy groups -OCH3 is 1. The van der Waals surface area contributed by atoms with Crippen molar-refractivity contribution in [3.63, 3.8) is 0 Å². The molecule has 2 aliphatic rings. The first-order chi connectivity index (χ1) is 16.3. The maximum absolute atomic E-state index is 15.0. The predicted octanol–water partition coefficient (Wildman–Crippen LogP) is 4.87. The lowest BCUT2D eigenvalue weighted by atomic mass is 9.96. The van der Waals surface area contributed by atoms with Crippen molar-refractivity contribution >= 4 is 28.9 Å². The number of carboxylic acids is 1. The van der Waals surface area contributed by atoms with Crippen molar-refractivity contribution in [2.45, 2.75) is 45.3 Å². The number of anilines is 2. The Hall–Kier alpha value is -2.74. The molecule has 4 rings (SSSR count). The third kappa shape index (κ3) is 5.17. The number of carbonyl (C=O) groups is 1. The van der Waals surface area contributed by atoms with Gasteiger partial charge in [-0.25, -0.2) is 9.37 Å². The second-order valence-corrected chi connectivity index (χ2v) is 9.69. The van der Waals surface area contributed by atoms with Crippen molar-refractivity contribution in [3.8, 4) is 11.6 Å². The lowest BCUT2D eigenvalue weighted by molar-refractivity contribution is -0.137. The summed E-state index contributed by atoms with van der Waals surface area (Å²) in [5.74, 6) is -0.152. The van der Waals surface area contributed by atoms with Crippen molar-refractivity contribution < 1.29 is 23.8 Å². The Balaban J connectivity index is 1.42. The van der Waals surface area contributed by atoms with E-state index in [1.54, 1.807) is 19.4 Å². The highest BCUT2D eigenvalue weighted by Gasteiger charge is 2.34. The van der Waals surface area contributed by atoms with Gasteiger partial charge in [0.25, 0.3) is 0 Å². The third-order valence-electron chi connectivity index (χ3n) is 6.98. The number of pyridine rings is 1. The molecule has 4 atom stereocenters. The molecule has 0 spiro atoms. The van der Waals surface area contributed by atoms with E-state index >= 15 is 4.39 Å². The van der Waals surface area contributed by atoms with E-state index in [0.717, 1.165) is 18.7 Å². The highest BCUT2D eigenvalue weighted by atomic mass is 35.5. The molecule has 2 saturated heterocycles. The Morgan fingerprint density at radius 3 is 2.71 bits per heavy atom. The van der Waals surface area contributed by atoms with Crippen LogP contribution in [0.15, 0.2) is 30.5 Å². The van der Waals surface area contributed by atoms with Gasteiger partial charge in [0.05, 0.1) is 30.4 Å². The number of piperidine rings is 1. The van der Waals surface area contributed by atoms with Crippen LogP contribution in [0, 0.1) is 17.7 Å². The second kappa shape index (κ2) is 10.3. The molecular weight excluding hydrogens is 461 g/mol. The Labute approximate surface area is 204 Å². The summed E-state index contributed by atoms with van der Waals surface area (Å²) in [6.07, 6.45) is 3.10. The van der Waals surface area contributed by atoms with Gasteiger partial charge in [-0.3, -0.25) is 4.79 Å². The molecule has 2 aromatic rings. The van der Waals surface area contributed by atoms with Gasteiger partial charge >= 0.3 is 5.97 Å². The minimum Gasteiger partial charge on any atom is -0.487 e. The molecule has 2 fully saturated rings.